The Morgan fingerprint density at radius 1 is 0.850 bits per heavy atom. The second-order valence-electron chi connectivity index (χ2n) is 5.38. The van der Waals surface area contributed by atoms with Crippen LogP contribution >= 0.6 is 0 Å². The van der Waals surface area contributed by atoms with Crippen molar-refractivity contribution in [3.8, 4) is 0 Å². The van der Waals surface area contributed by atoms with Crippen molar-refractivity contribution >= 4 is 11.9 Å². The molecule has 0 bridgehead atoms. The summed E-state index contributed by atoms with van der Waals surface area (Å²) >= 11 is 0. The molecule has 0 fully saturated rings. The Kier molecular flexibility index (Phi) is 10.7. The molecule has 0 aliphatic rings. The summed E-state index contributed by atoms with van der Waals surface area (Å²) in [7, 11) is 0. The van der Waals surface area contributed by atoms with Crippen LogP contribution in [0.3, 0.4) is 0 Å². The molecule has 2 atom stereocenters. The van der Waals surface area contributed by atoms with E-state index in [4.69, 9.17) is 9.47 Å². The van der Waals surface area contributed by atoms with Gasteiger partial charge in [-0.1, -0.05) is 40.5 Å². The highest BCUT2D eigenvalue weighted by atomic mass is 16.5. The van der Waals surface area contributed by atoms with Crippen molar-refractivity contribution < 1.29 is 19.1 Å². The molecule has 4 heteroatoms. The van der Waals surface area contributed by atoms with Crippen LogP contribution in [0, 0.1) is 11.8 Å². The van der Waals surface area contributed by atoms with Gasteiger partial charge in [-0.15, -0.1) is 0 Å². The molecule has 0 rings (SSSR count). The van der Waals surface area contributed by atoms with Gasteiger partial charge in [0.15, 0.2) is 0 Å². The lowest BCUT2D eigenvalue weighted by Gasteiger charge is -2.10. The maximum Gasteiger partial charge on any atom is 0.331 e. The van der Waals surface area contributed by atoms with E-state index in [9.17, 15) is 9.59 Å². The first-order valence-electron chi connectivity index (χ1n) is 7.51. The molecule has 116 valence electrons. The van der Waals surface area contributed by atoms with Crippen molar-refractivity contribution in [3.05, 3.63) is 12.2 Å². The molecule has 4 nitrogen and oxygen atoms in total. The van der Waals surface area contributed by atoms with Crippen LogP contribution in [0.25, 0.3) is 0 Å². The van der Waals surface area contributed by atoms with Crippen LogP contribution < -0.4 is 0 Å². The van der Waals surface area contributed by atoms with Gasteiger partial charge in [0.1, 0.15) is 0 Å². The zero-order valence-electron chi connectivity index (χ0n) is 13.2. The largest absolute Gasteiger partial charge is 0.462 e. The summed E-state index contributed by atoms with van der Waals surface area (Å²) in [6, 6.07) is 0. The van der Waals surface area contributed by atoms with Gasteiger partial charge in [0.25, 0.3) is 0 Å². The highest BCUT2D eigenvalue weighted by Gasteiger charge is 2.06. The average Bonchev–Trinajstić information content (AvgIpc) is 2.41. The third-order valence-corrected chi connectivity index (χ3v) is 2.94. The number of hydrogen-bond acceptors (Lipinski definition) is 4. The normalized spacial score (nSPS) is 14.0. The zero-order chi connectivity index (χ0) is 15.4. The van der Waals surface area contributed by atoms with E-state index in [-0.39, 0.29) is 0 Å². The third-order valence-electron chi connectivity index (χ3n) is 2.94. The molecule has 0 aliphatic heterocycles. The fourth-order valence-electron chi connectivity index (χ4n) is 1.83. The number of carbonyl (C=O) groups is 2. The van der Waals surface area contributed by atoms with Gasteiger partial charge in [0.2, 0.25) is 0 Å². The molecule has 0 radical (unpaired) electrons. The van der Waals surface area contributed by atoms with Gasteiger partial charge in [-0.05, 0) is 24.7 Å². The lowest BCUT2D eigenvalue weighted by Crippen LogP contribution is -2.12. The topological polar surface area (TPSA) is 52.6 Å². The fraction of sp³-hybridized carbons (Fsp3) is 0.750. The Bertz CT molecular complexity index is 280. The first kappa shape index (κ1) is 18.7. The number of hydrogen-bond donors (Lipinski definition) is 0. The van der Waals surface area contributed by atoms with Crippen molar-refractivity contribution in [2.75, 3.05) is 13.2 Å². The quantitative estimate of drug-likeness (QED) is 0.455. The summed E-state index contributed by atoms with van der Waals surface area (Å²) in [4.78, 5) is 22.8. The van der Waals surface area contributed by atoms with Crippen LogP contribution in [0.4, 0.5) is 0 Å². The lowest BCUT2D eigenvalue weighted by molar-refractivity contribution is -0.141. The van der Waals surface area contributed by atoms with Crippen LogP contribution in [-0.2, 0) is 19.1 Å². The van der Waals surface area contributed by atoms with Crippen molar-refractivity contribution in [3.63, 3.8) is 0 Å². The fourth-order valence-corrected chi connectivity index (χ4v) is 1.83. The van der Waals surface area contributed by atoms with Gasteiger partial charge in [-0.3, -0.25) is 0 Å². The van der Waals surface area contributed by atoms with Gasteiger partial charge in [0, 0.05) is 12.2 Å². The molecule has 20 heavy (non-hydrogen) atoms. The second-order valence-corrected chi connectivity index (χ2v) is 5.38. The molecule has 0 aliphatic carbocycles. The molecular weight excluding hydrogens is 256 g/mol. The van der Waals surface area contributed by atoms with Crippen LogP contribution in [0.2, 0.25) is 0 Å². The standard InChI is InChI=1S/C16H28O4/c1-5-7-13(3)11-19-15(17)9-10-16(18)20-12-14(4)8-6-2/h9-10,13-14H,5-8,11-12H2,1-4H3. The van der Waals surface area contributed by atoms with E-state index in [0.717, 1.165) is 37.8 Å². The summed E-state index contributed by atoms with van der Waals surface area (Å²) in [6.45, 7) is 9.02. The van der Waals surface area contributed by atoms with Crippen molar-refractivity contribution in [1.82, 2.24) is 0 Å². The molecule has 0 spiro atoms. The number of carbonyl (C=O) groups excluding carboxylic acids is 2. The van der Waals surface area contributed by atoms with Gasteiger partial charge in [-0.25, -0.2) is 9.59 Å². The van der Waals surface area contributed by atoms with E-state index in [1.54, 1.807) is 0 Å². The molecule has 0 amide bonds. The Morgan fingerprint density at radius 3 is 1.50 bits per heavy atom. The van der Waals surface area contributed by atoms with E-state index in [1.807, 2.05) is 13.8 Å². The van der Waals surface area contributed by atoms with Gasteiger partial charge in [0.05, 0.1) is 13.2 Å². The van der Waals surface area contributed by atoms with Gasteiger partial charge in [-0.2, -0.15) is 0 Å². The average molecular weight is 284 g/mol. The summed E-state index contributed by atoms with van der Waals surface area (Å²) in [6.07, 6.45) is 6.44. The van der Waals surface area contributed by atoms with Crippen molar-refractivity contribution in [2.24, 2.45) is 11.8 Å². The lowest BCUT2D eigenvalue weighted by atomic mass is 10.1. The molecular formula is C16H28O4. The van der Waals surface area contributed by atoms with Gasteiger partial charge >= 0.3 is 11.9 Å². The molecule has 2 unspecified atom stereocenters. The smallest absolute Gasteiger partial charge is 0.331 e. The minimum Gasteiger partial charge on any atom is -0.462 e. The maximum absolute atomic E-state index is 11.4. The molecule has 0 saturated carbocycles. The SMILES string of the molecule is CCCC(C)COC(=O)C=CC(=O)OCC(C)CCC. The van der Waals surface area contributed by atoms with E-state index in [2.05, 4.69) is 13.8 Å². The summed E-state index contributed by atoms with van der Waals surface area (Å²) < 4.78 is 10.1. The van der Waals surface area contributed by atoms with Gasteiger partial charge < -0.3 is 9.47 Å². The van der Waals surface area contributed by atoms with Crippen LogP contribution in [0.15, 0.2) is 12.2 Å². The highest BCUT2D eigenvalue weighted by molar-refractivity contribution is 5.91. The zero-order valence-corrected chi connectivity index (χ0v) is 13.2. The van der Waals surface area contributed by atoms with E-state index < -0.39 is 11.9 Å². The predicted molar refractivity (Wildman–Crippen MR) is 79.2 cm³/mol. The number of ether oxygens (including phenoxy) is 2. The minimum atomic E-state index is -0.494. The summed E-state index contributed by atoms with van der Waals surface area (Å²) in [5, 5.41) is 0. The van der Waals surface area contributed by atoms with Crippen LogP contribution in [0.1, 0.15) is 53.4 Å². The first-order chi connectivity index (χ1) is 9.49. The van der Waals surface area contributed by atoms with E-state index in [0.29, 0.717) is 25.0 Å². The third kappa shape index (κ3) is 10.6. The second kappa shape index (κ2) is 11.5. The van der Waals surface area contributed by atoms with Crippen molar-refractivity contribution in [1.29, 1.82) is 0 Å². The number of rotatable bonds is 10. The molecule has 0 heterocycles. The van der Waals surface area contributed by atoms with Crippen molar-refractivity contribution in [2.45, 2.75) is 53.4 Å². The Morgan fingerprint density at radius 2 is 1.20 bits per heavy atom. The molecule has 0 aromatic carbocycles. The van der Waals surface area contributed by atoms with E-state index in [1.165, 1.54) is 0 Å². The van der Waals surface area contributed by atoms with E-state index >= 15 is 0 Å². The predicted octanol–water partition coefficient (Wildman–Crippen LogP) is 3.50. The molecule has 0 saturated heterocycles. The Balaban J connectivity index is 3.85. The summed E-state index contributed by atoms with van der Waals surface area (Å²) in [5.74, 6) is -0.295. The Labute approximate surface area is 122 Å². The molecule has 0 aromatic rings. The highest BCUT2D eigenvalue weighted by Crippen LogP contribution is 2.06. The maximum atomic E-state index is 11.4. The monoisotopic (exact) mass is 284 g/mol. The molecule has 0 aromatic heterocycles. The van der Waals surface area contributed by atoms with Crippen LogP contribution in [0.5, 0.6) is 0 Å². The van der Waals surface area contributed by atoms with Crippen LogP contribution in [-0.4, -0.2) is 25.2 Å². The number of esters is 2. The minimum absolute atomic E-state index is 0.346. The first-order valence-corrected chi connectivity index (χ1v) is 7.51. The molecule has 0 N–H and O–H groups in total. The Hall–Kier alpha value is -1.32. The summed E-state index contributed by atoms with van der Waals surface area (Å²) in [5.41, 5.74) is 0.